The van der Waals surface area contributed by atoms with Crippen molar-refractivity contribution < 1.29 is 39.4 Å². The van der Waals surface area contributed by atoms with E-state index in [9.17, 15) is 20.4 Å². The summed E-state index contributed by atoms with van der Waals surface area (Å²) in [6, 6.07) is 0. The van der Waals surface area contributed by atoms with Crippen molar-refractivity contribution in [2.75, 3.05) is 46.2 Å². The SMILES string of the molecule is CCCOCCOCCOC/C(N)=C/N(N)CC1OC(O)C(O)C(O)C1O. The molecule has 1 fully saturated rings. The summed E-state index contributed by atoms with van der Waals surface area (Å²) in [6.07, 6.45) is -4.78. The number of nitrogens with two attached hydrogens (primary N) is 2. The van der Waals surface area contributed by atoms with Gasteiger partial charge in [0, 0.05) is 12.8 Å². The number of nitrogens with zero attached hydrogens (tertiary/aromatic N) is 1. The van der Waals surface area contributed by atoms with Crippen LogP contribution in [0.1, 0.15) is 13.3 Å². The molecule has 0 amide bonds. The maximum atomic E-state index is 9.87. The van der Waals surface area contributed by atoms with Crippen molar-refractivity contribution in [3.63, 3.8) is 0 Å². The molecule has 0 radical (unpaired) electrons. The number of hydrogen-bond donors (Lipinski definition) is 6. The first-order chi connectivity index (χ1) is 12.9. The van der Waals surface area contributed by atoms with Gasteiger partial charge < -0.3 is 50.1 Å². The van der Waals surface area contributed by atoms with Crippen LogP contribution < -0.4 is 11.6 Å². The molecule has 0 bridgehead atoms. The summed E-state index contributed by atoms with van der Waals surface area (Å²) < 4.78 is 21.0. The first-order valence-corrected chi connectivity index (χ1v) is 8.95. The van der Waals surface area contributed by atoms with Crippen LogP contribution >= 0.6 is 0 Å². The standard InChI is InChI=1S/C16H33N3O8/c1-2-3-24-4-5-25-6-7-26-10-11(17)8-19(18)9-12-13(20)14(21)15(22)16(23)27-12/h8,12-16,20-23H,2-7,9-10,17-18H2,1H3/b11-8-. The predicted molar refractivity (Wildman–Crippen MR) is 94.8 cm³/mol. The van der Waals surface area contributed by atoms with Gasteiger partial charge in [0.2, 0.25) is 0 Å². The molecule has 0 saturated carbocycles. The first kappa shape index (κ1) is 24.0. The summed E-state index contributed by atoms with van der Waals surface area (Å²) in [7, 11) is 0. The Kier molecular flexibility index (Phi) is 11.7. The third kappa shape index (κ3) is 9.14. The van der Waals surface area contributed by atoms with Crippen LogP contribution in [0.5, 0.6) is 0 Å². The van der Waals surface area contributed by atoms with Crippen LogP contribution in [0.25, 0.3) is 0 Å². The molecular formula is C16H33N3O8. The molecular weight excluding hydrogens is 362 g/mol. The molecule has 1 rings (SSSR count). The van der Waals surface area contributed by atoms with Crippen LogP contribution in [0, 0.1) is 0 Å². The summed E-state index contributed by atoms with van der Waals surface area (Å²) in [6.45, 7) is 4.64. The van der Waals surface area contributed by atoms with Gasteiger partial charge in [0.25, 0.3) is 0 Å². The van der Waals surface area contributed by atoms with Crippen LogP contribution in [0.2, 0.25) is 0 Å². The van der Waals surface area contributed by atoms with Crippen LogP contribution in [-0.2, 0) is 18.9 Å². The number of hydrazine groups is 1. The highest BCUT2D eigenvalue weighted by Gasteiger charge is 2.43. The van der Waals surface area contributed by atoms with Gasteiger partial charge in [0.15, 0.2) is 6.29 Å². The molecule has 0 aliphatic carbocycles. The number of ether oxygens (including phenoxy) is 4. The second kappa shape index (κ2) is 13.2. The van der Waals surface area contributed by atoms with Gasteiger partial charge in [-0.3, -0.25) is 0 Å². The fourth-order valence-corrected chi connectivity index (χ4v) is 2.37. The van der Waals surface area contributed by atoms with E-state index >= 15 is 0 Å². The topological polar surface area (TPSA) is 173 Å². The zero-order valence-corrected chi connectivity index (χ0v) is 15.6. The van der Waals surface area contributed by atoms with E-state index in [0.717, 1.165) is 18.0 Å². The second-order valence-corrected chi connectivity index (χ2v) is 6.22. The smallest absolute Gasteiger partial charge is 0.184 e. The number of hydrogen-bond acceptors (Lipinski definition) is 11. The summed E-state index contributed by atoms with van der Waals surface area (Å²) in [5.41, 5.74) is 6.13. The average molecular weight is 395 g/mol. The highest BCUT2D eigenvalue weighted by molar-refractivity contribution is 4.97. The maximum Gasteiger partial charge on any atom is 0.184 e. The van der Waals surface area contributed by atoms with Gasteiger partial charge in [0.05, 0.1) is 45.3 Å². The number of aliphatic hydroxyl groups excluding tert-OH is 4. The van der Waals surface area contributed by atoms with Crippen molar-refractivity contribution in [1.29, 1.82) is 0 Å². The Hall–Kier alpha value is -1.02. The Bertz CT molecular complexity index is 428. The lowest BCUT2D eigenvalue weighted by Crippen LogP contribution is -2.60. The first-order valence-electron chi connectivity index (χ1n) is 8.95. The third-order valence-electron chi connectivity index (χ3n) is 3.77. The molecule has 11 heteroatoms. The molecule has 0 aromatic rings. The molecule has 1 aliphatic heterocycles. The molecule has 0 aromatic heterocycles. The van der Waals surface area contributed by atoms with Gasteiger partial charge >= 0.3 is 0 Å². The zero-order chi connectivity index (χ0) is 20.2. The molecule has 8 N–H and O–H groups in total. The second-order valence-electron chi connectivity index (χ2n) is 6.22. The lowest BCUT2D eigenvalue weighted by atomic mass is 9.99. The van der Waals surface area contributed by atoms with Crippen molar-refractivity contribution in [1.82, 2.24) is 5.01 Å². The Balaban J connectivity index is 2.20. The van der Waals surface area contributed by atoms with E-state index in [1.807, 2.05) is 6.92 Å². The fraction of sp³-hybridized carbons (Fsp3) is 0.875. The molecule has 0 aromatic carbocycles. The average Bonchev–Trinajstić information content (AvgIpc) is 2.63. The van der Waals surface area contributed by atoms with Gasteiger partial charge in [-0.15, -0.1) is 0 Å². The van der Waals surface area contributed by atoms with Crippen molar-refractivity contribution in [3.8, 4) is 0 Å². The summed E-state index contributed by atoms with van der Waals surface area (Å²) in [5, 5.41) is 39.6. The monoisotopic (exact) mass is 395 g/mol. The molecule has 5 atom stereocenters. The largest absolute Gasteiger partial charge is 0.399 e. The minimum absolute atomic E-state index is 0.0659. The predicted octanol–water partition coefficient (Wildman–Crippen LogP) is -2.78. The van der Waals surface area contributed by atoms with Crippen LogP contribution in [-0.4, -0.2) is 102 Å². The molecule has 160 valence electrons. The van der Waals surface area contributed by atoms with Gasteiger partial charge in [-0.25, -0.2) is 5.84 Å². The Morgan fingerprint density at radius 2 is 1.56 bits per heavy atom. The summed E-state index contributed by atoms with van der Waals surface area (Å²) in [5.74, 6) is 5.77. The Morgan fingerprint density at radius 3 is 2.19 bits per heavy atom. The molecule has 1 aliphatic rings. The molecule has 5 unspecified atom stereocenters. The normalized spacial score (nSPS) is 29.1. The van der Waals surface area contributed by atoms with Crippen molar-refractivity contribution >= 4 is 0 Å². The van der Waals surface area contributed by atoms with Gasteiger partial charge in [-0.2, -0.15) is 0 Å². The Labute approximate surface area is 159 Å². The minimum Gasteiger partial charge on any atom is -0.399 e. The van der Waals surface area contributed by atoms with Crippen molar-refractivity contribution in [3.05, 3.63) is 11.9 Å². The van der Waals surface area contributed by atoms with Crippen molar-refractivity contribution in [2.24, 2.45) is 11.6 Å². The highest BCUT2D eigenvalue weighted by Crippen LogP contribution is 2.20. The van der Waals surface area contributed by atoms with Gasteiger partial charge in [0.1, 0.15) is 24.4 Å². The molecule has 0 spiro atoms. The number of rotatable bonds is 13. The van der Waals surface area contributed by atoms with Crippen LogP contribution in [0.15, 0.2) is 11.9 Å². The van der Waals surface area contributed by atoms with E-state index in [0.29, 0.717) is 32.1 Å². The van der Waals surface area contributed by atoms with E-state index in [2.05, 4.69) is 0 Å². The van der Waals surface area contributed by atoms with E-state index in [1.165, 1.54) is 6.20 Å². The molecule has 1 saturated heterocycles. The summed E-state index contributed by atoms with van der Waals surface area (Å²) in [4.78, 5) is 0. The van der Waals surface area contributed by atoms with Gasteiger partial charge in [-0.1, -0.05) is 6.92 Å². The number of aliphatic hydroxyl groups is 4. The van der Waals surface area contributed by atoms with E-state index in [4.69, 9.17) is 30.5 Å². The fourth-order valence-electron chi connectivity index (χ4n) is 2.37. The maximum absolute atomic E-state index is 9.87. The third-order valence-corrected chi connectivity index (χ3v) is 3.77. The van der Waals surface area contributed by atoms with Gasteiger partial charge in [-0.05, 0) is 6.42 Å². The quantitative estimate of drug-likeness (QED) is 0.108. The summed E-state index contributed by atoms with van der Waals surface area (Å²) >= 11 is 0. The van der Waals surface area contributed by atoms with Crippen LogP contribution in [0.3, 0.4) is 0 Å². The van der Waals surface area contributed by atoms with Crippen molar-refractivity contribution in [2.45, 2.75) is 44.1 Å². The van der Waals surface area contributed by atoms with E-state index in [-0.39, 0.29) is 13.2 Å². The highest BCUT2D eigenvalue weighted by atomic mass is 16.6. The lowest BCUT2D eigenvalue weighted by molar-refractivity contribution is -0.283. The van der Waals surface area contributed by atoms with E-state index < -0.39 is 30.7 Å². The molecule has 1 heterocycles. The van der Waals surface area contributed by atoms with Crippen LogP contribution in [0.4, 0.5) is 0 Å². The minimum atomic E-state index is -1.61. The van der Waals surface area contributed by atoms with E-state index in [1.54, 1.807) is 0 Å². The molecule has 27 heavy (non-hydrogen) atoms. The Morgan fingerprint density at radius 1 is 0.963 bits per heavy atom. The molecule has 11 nitrogen and oxygen atoms in total. The lowest BCUT2D eigenvalue weighted by Gasteiger charge is -2.39. The zero-order valence-electron chi connectivity index (χ0n) is 15.6.